The molecular weight excluding hydrogens is 671 g/mol. The summed E-state index contributed by atoms with van der Waals surface area (Å²) in [6.07, 6.45) is 0. The van der Waals surface area contributed by atoms with E-state index in [1.165, 1.54) is 81.1 Å². The van der Waals surface area contributed by atoms with Crippen LogP contribution in [0.2, 0.25) is 0 Å². The van der Waals surface area contributed by atoms with Crippen molar-refractivity contribution in [2.75, 3.05) is 4.90 Å². The van der Waals surface area contributed by atoms with E-state index in [4.69, 9.17) is 0 Å². The Hall–Kier alpha value is -6.74. The van der Waals surface area contributed by atoms with E-state index >= 15 is 0 Å². The summed E-state index contributed by atoms with van der Waals surface area (Å²) in [6, 6.07) is 77.1. The fraction of sp³-hybridized carbons (Fsp3) is 0. The van der Waals surface area contributed by atoms with Crippen molar-refractivity contribution in [1.29, 1.82) is 0 Å². The van der Waals surface area contributed by atoms with Gasteiger partial charge in [-0.3, -0.25) is 0 Å². The fourth-order valence-electron chi connectivity index (χ4n) is 7.83. The predicted molar refractivity (Wildman–Crippen MR) is 233 cm³/mol. The Labute approximate surface area is 319 Å². The Balaban J connectivity index is 1.11. The van der Waals surface area contributed by atoms with Gasteiger partial charge in [-0.1, -0.05) is 176 Å². The largest absolute Gasteiger partial charge is 0.308 e. The normalized spacial score (nSPS) is 11.3. The van der Waals surface area contributed by atoms with Crippen molar-refractivity contribution < 1.29 is 0 Å². The number of thiophene rings is 1. The van der Waals surface area contributed by atoms with E-state index in [9.17, 15) is 0 Å². The second kappa shape index (κ2) is 13.7. The lowest BCUT2D eigenvalue weighted by atomic mass is 9.94. The lowest BCUT2D eigenvalue weighted by Gasteiger charge is -2.28. The van der Waals surface area contributed by atoms with Gasteiger partial charge in [0.25, 0.3) is 0 Å². The van der Waals surface area contributed by atoms with Gasteiger partial charge in [0, 0.05) is 26.7 Å². The first-order valence-electron chi connectivity index (χ1n) is 18.4. The molecular formula is C52H35NS. The molecule has 0 atom stereocenters. The van der Waals surface area contributed by atoms with Crippen LogP contribution in [0.15, 0.2) is 212 Å². The van der Waals surface area contributed by atoms with Gasteiger partial charge in [0.05, 0.1) is 16.1 Å². The quantitative estimate of drug-likeness (QED) is 0.160. The average Bonchev–Trinajstić information content (AvgIpc) is 3.64. The zero-order chi connectivity index (χ0) is 35.8. The minimum Gasteiger partial charge on any atom is -0.308 e. The summed E-state index contributed by atoms with van der Waals surface area (Å²) in [5, 5.41) is 5.08. The van der Waals surface area contributed by atoms with Crippen LogP contribution in [-0.4, -0.2) is 0 Å². The Morgan fingerprint density at radius 1 is 0.315 bits per heavy atom. The van der Waals surface area contributed by atoms with Crippen molar-refractivity contribution in [2.45, 2.75) is 0 Å². The standard InChI is InChI=1S/C52H35NS/c1-3-13-36(14-4-1)37-25-27-41(28-26-37)45-18-7-9-22-49(45)53(50-23-12-21-47-46-19-8-10-24-51(46)54-52(47)50)43-33-31-38(32-34-43)42-30-29-40-17-11-20-44(48(40)35-42)39-15-5-2-6-16-39/h1-35H. The highest BCUT2D eigenvalue weighted by molar-refractivity contribution is 7.26. The van der Waals surface area contributed by atoms with E-state index in [1.54, 1.807) is 0 Å². The highest BCUT2D eigenvalue weighted by Gasteiger charge is 2.21. The van der Waals surface area contributed by atoms with Crippen LogP contribution in [0.3, 0.4) is 0 Å². The number of para-hydroxylation sites is 1. The zero-order valence-electron chi connectivity index (χ0n) is 29.6. The van der Waals surface area contributed by atoms with Crippen LogP contribution in [0.4, 0.5) is 17.1 Å². The summed E-state index contributed by atoms with van der Waals surface area (Å²) in [4.78, 5) is 2.45. The first-order chi connectivity index (χ1) is 26.8. The molecule has 0 aliphatic carbocycles. The summed E-state index contributed by atoms with van der Waals surface area (Å²) in [5.41, 5.74) is 13.1. The predicted octanol–water partition coefficient (Wildman–Crippen LogP) is 15.3. The number of fused-ring (bicyclic) bond motifs is 4. The number of nitrogens with zero attached hydrogens (tertiary/aromatic N) is 1. The fourth-order valence-corrected chi connectivity index (χ4v) is 9.03. The van der Waals surface area contributed by atoms with Gasteiger partial charge in [0.1, 0.15) is 0 Å². The molecule has 0 saturated heterocycles. The van der Waals surface area contributed by atoms with Crippen molar-refractivity contribution >= 4 is 59.3 Å². The van der Waals surface area contributed by atoms with E-state index in [0.717, 1.165) is 11.4 Å². The van der Waals surface area contributed by atoms with Crippen molar-refractivity contribution in [3.05, 3.63) is 212 Å². The molecule has 0 fully saturated rings. The summed E-state index contributed by atoms with van der Waals surface area (Å²) >= 11 is 1.87. The monoisotopic (exact) mass is 705 g/mol. The molecule has 0 unspecified atom stereocenters. The van der Waals surface area contributed by atoms with Crippen LogP contribution in [0, 0.1) is 0 Å². The lowest BCUT2D eigenvalue weighted by molar-refractivity contribution is 1.30. The highest BCUT2D eigenvalue weighted by Crippen LogP contribution is 2.47. The van der Waals surface area contributed by atoms with Crippen molar-refractivity contribution in [1.82, 2.24) is 0 Å². The minimum atomic E-state index is 1.11. The van der Waals surface area contributed by atoms with Gasteiger partial charge in [0.2, 0.25) is 0 Å². The third-order valence-corrected chi connectivity index (χ3v) is 11.7. The van der Waals surface area contributed by atoms with E-state index < -0.39 is 0 Å². The van der Waals surface area contributed by atoms with Gasteiger partial charge in [-0.15, -0.1) is 11.3 Å². The first kappa shape index (κ1) is 32.0. The SMILES string of the molecule is c1ccc(-c2ccc(-c3ccccc3N(c3ccc(-c4ccc5cccc(-c6ccccc6)c5c4)cc3)c3cccc4c3sc3ccccc34)cc2)cc1. The van der Waals surface area contributed by atoms with Crippen LogP contribution in [0.5, 0.6) is 0 Å². The smallest absolute Gasteiger partial charge is 0.0640 e. The maximum Gasteiger partial charge on any atom is 0.0640 e. The summed E-state index contributed by atoms with van der Waals surface area (Å²) < 4.78 is 2.58. The Morgan fingerprint density at radius 3 is 1.67 bits per heavy atom. The molecule has 0 aliphatic heterocycles. The molecule has 0 spiro atoms. The number of anilines is 3. The molecule has 9 aromatic carbocycles. The van der Waals surface area contributed by atoms with Gasteiger partial charge in [-0.25, -0.2) is 0 Å². The molecule has 54 heavy (non-hydrogen) atoms. The Morgan fingerprint density at radius 2 is 0.852 bits per heavy atom. The van der Waals surface area contributed by atoms with Crippen LogP contribution in [0.25, 0.3) is 75.5 Å². The molecule has 0 aliphatic rings. The molecule has 0 amide bonds. The molecule has 1 heterocycles. The molecule has 10 rings (SSSR count). The maximum atomic E-state index is 2.45. The van der Waals surface area contributed by atoms with Gasteiger partial charge in [-0.2, -0.15) is 0 Å². The molecule has 0 N–H and O–H groups in total. The molecule has 2 heteroatoms. The van der Waals surface area contributed by atoms with Crippen LogP contribution in [-0.2, 0) is 0 Å². The molecule has 1 nitrogen and oxygen atoms in total. The average molecular weight is 706 g/mol. The molecule has 10 aromatic rings. The van der Waals surface area contributed by atoms with E-state index in [2.05, 4.69) is 217 Å². The Bertz CT molecular complexity index is 2910. The van der Waals surface area contributed by atoms with Crippen molar-refractivity contribution in [2.24, 2.45) is 0 Å². The molecule has 254 valence electrons. The number of benzene rings is 9. The topological polar surface area (TPSA) is 3.24 Å². The zero-order valence-corrected chi connectivity index (χ0v) is 30.4. The summed E-state index contributed by atoms with van der Waals surface area (Å²) in [5.74, 6) is 0. The second-order valence-electron chi connectivity index (χ2n) is 13.7. The van der Waals surface area contributed by atoms with Gasteiger partial charge < -0.3 is 4.90 Å². The molecule has 0 radical (unpaired) electrons. The summed E-state index contributed by atoms with van der Waals surface area (Å²) in [6.45, 7) is 0. The van der Waals surface area contributed by atoms with Gasteiger partial charge in [0.15, 0.2) is 0 Å². The van der Waals surface area contributed by atoms with E-state index in [1.807, 2.05) is 11.3 Å². The molecule has 1 aromatic heterocycles. The molecule has 0 saturated carbocycles. The summed E-state index contributed by atoms with van der Waals surface area (Å²) in [7, 11) is 0. The minimum absolute atomic E-state index is 1.11. The number of rotatable bonds is 7. The highest BCUT2D eigenvalue weighted by atomic mass is 32.1. The number of hydrogen-bond acceptors (Lipinski definition) is 2. The van der Waals surface area contributed by atoms with Gasteiger partial charge in [-0.05, 0) is 86.1 Å². The maximum absolute atomic E-state index is 2.45. The van der Waals surface area contributed by atoms with Crippen LogP contribution >= 0.6 is 11.3 Å². The second-order valence-corrected chi connectivity index (χ2v) is 14.8. The first-order valence-corrected chi connectivity index (χ1v) is 19.2. The van der Waals surface area contributed by atoms with Crippen LogP contribution < -0.4 is 4.90 Å². The van der Waals surface area contributed by atoms with Crippen molar-refractivity contribution in [3.8, 4) is 44.5 Å². The van der Waals surface area contributed by atoms with E-state index in [0.29, 0.717) is 0 Å². The van der Waals surface area contributed by atoms with E-state index in [-0.39, 0.29) is 0 Å². The number of hydrogen-bond donors (Lipinski definition) is 0. The third kappa shape index (κ3) is 5.74. The molecule has 0 bridgehead atoms. The Kier molecular flexibility index (Phi) is 8.09. The van der Waals surface area contributed by atoms with Gasteiger partial charge >= 0.3 is 0 Å². The lowest BCUT2D eigenvalue weighted by Crippen LogP contribution is -2.11. The van der Waals surface area contributed by atoms with Crippen LogP contribution in [0.1, 0.15) is 0 Å². The van der Waals surface area contributed by atoms with Crippen molar-refractivity contribution in [3.63, 3.8) is 0 Å². The third-order valence-electron chi connectivity index (χ3n) is 10.5.